The van der Waals surface area contributed by atoms with E-state index in [1.54, 1.807) is 29.8 Å². The van der Waals surface area contributed by atoms with Crippen LogP contribution in [0.5, 0.6) is 0 Å². The smallest absolute Gasteiger partial charge is 0.309 e. The summed E-state index contributed by atoms with van der Waals surface area (Å²) in [5.41, 5.74) is 2.13. The summed E-state index contributed by atoms with van der Waals surface area (Å²) < 4.78 is 3.18. The Morgan fingerprint density at radius 2 is 1.97 bits per heavy atom. The molecule has 2 aromatic heterocycles. The number of benzene rings is 1. The van der Waals surface area contributed by atoms with Crippen molar-refractivity contribution < 1.29 is 9.72 Å². The quantitative estimate of drug-likeness (QED) is 0.444. The van der Waals surface area contributed by atoms with Gasteiger partial charge in [-0.25, -0.2) is 0 Å². The van der Waals surface area contributed by atoms with Crippen molar-refractivity contribution >= 4 is 40.6 Å². The Balaban J connectivity index is 1.60. The predicted octanol–water partition coefficient (Wildman–Crippen LogP) is 3.99. The fraction of sp³-hybridized carbons (Fsp3) is 0.278. The monoisotopic (exact) mass is 436 g/mol. The lowest BCUT2D eigenvalue weighted by atomic mass is 10.2. The third-order valence-corrected chi connectivity index (χ3v) is 5.13. The van der Waals surface area contributed by atoms with Gasteiger partial charge < -0.3 is 5.32 Å². The number of nitrogens with zero attached hydrogens (tertiary/aromatic N) is 5. The molecule has 1 amide bonds. The molecule has 0 aliphatic heterocycles. The molecule has 152 valence electrons. The van der Waals surface area contributed by atoms with Crippen molar-refractivity contribution in [2.24, 2.45) is 0 Å². The predicted molar refractivity (Wildman–Crippen MR) is 109 cm³/mol. The molecule has 0 aliphatic rings. The molecule has 3 rings (SSSR count). The largest absolute Gasteiger partial charge is 0.309 e. The highest BCUT2D eigenvalue weighted by atomic mass is 35.5. The highest BCUT2D eigenvalue weighted by molar-refractivity contribution is 6.42. The number of carbonyl (C=O) groups excluding carboxylic acids is 1. The Kier molecular flexibility index (Phi) is 6.19. The van der Waals surface area contributed by atoms with Crippen molar-refractivity contribution in [3.05, 3.63) is 67.6 Å². The summed E-state index contributed by atoms with van der Waals surface area (Å²) in [6, 6.07) is 7.12. The maximum Gasteiger partial charge on any atom is 0.309 e. The van der Waals surface area contributed by atoms with Gasteiger partial charge in [0, 0.05) is 18.2 Å². The van der Waals surface area contributed by atoms with E-state index in [0.717, 1.165) is 11.3 Å². The van der Waals surface area contributed by atoms with Gasteiger partial charge in [-0.1, -0.05) is 29.3 Å². The molecule has 0 fully saturated rings. The van der Waals surface area contributed by atoms with Crippen molar-refractivity contribution in [1.82, 2.24) is 19.6 Å². The molecule has 11 heteroatoms. The standard InChI is InChI=1S/C18H18Cl2N6O3/c1-11-7-17(23-25(11)10-13-3-4-14(19)15(20)8-13)22-18(27)5-6-24-12(2)16(9-21-24)26(28)29/h3-4,7-9H,5-6,10H2,1-2H3,(H,22,23,27). The number of halogens is 2. The molecule has 29 heavy (non-hydrogen) atoms. The number of hydrogen-bond donors (Lipinski definition) is 1. The van der Waals surface area contributed by atoms with Crippen LogP contribution in [0.4, 0.5) is 11.5 Å². The van der Waals surface area contributed by atoms with Crippen LogP contribution in [0.25, 0.3) is 0 Å². The molecule has 9 nitrogen and oxygen atoms in total. The van der Waals surface area contributed by atoms with Crippen LogP contribution in [0.3, 0.4) is 0 Å². The van der Waals surface area contributed by atoms with Crippen LogP contribution in [0, 0.1) is 24.0 Å². The van der Waals surface area contributed by atoms with Crippen molar-refractivity contribution in [3.8, 4) is 0 Å². The van der Waals surface area contributed by atoms with Gasteiger partial charge in [0.05, 0.1) is 28.1 Å². The molecule has 1 N–H and O–H groups in total. The first kappa shape index (κ1) is 20.8. The Hall–Kier alpha value is -2.91. The topological polar surface area (TPSA) is 108 Å². The molecule has 0 bridgehead atoms. The third kappa shape index (κ3) is 4.93. The number of rotatable bonds is 7. The SMILES string of the molecule is Cc1cc(NC(=O)CCn2ncc([N+](=O)[O-])c2C)nn1Cc1ccc(Cl)c(Cl)c1. The van der Waals surface area contributed by atoms with Crippen LogP contribution in [0.1, 0.15) is 23.4 Å². The molecule has 1 aromatic carbocycles. The summed E-state index contributed by atoms with van der Waals surface area (Å²) in [5, 5.41) is 22.9. The Morgan fingerprint density at radius 1 is 1.21 bits per heavy atom. The minimum atomic E-state index is -0.498. The summed E-state index contributed by atoms with van der Waals surface area (Å²) in [6.45, 7) is 4.19. The summed E-state index contributed by atoms with van der Waals surface area (Å²) in [7, 11) is 0. The molecule has 0 unspecified atom stereocenters. The van der Waals surface area contributed by atoms with Crippen LogP contribution >= 0.6 is 23.2 Å². The summed E-state index contributed by atoms with van der Waals surface area (Å²) in [4.78, 5) is 22.6. The van der Waals surface area contributed by atoms with Gasteiger partial charge >= 0.3 is 5.69 Å². The van der Waals surface area contributed by atoms with E-state index < -0.39 is 4.92 Å². The van der Waals surface area contributed by atoms with E-state index in [4.69, 9.17) is 23.2 Å². The first-order chi connectivity index (χ1) is 13.7. The van der Waals surface area contributed by atoms with Crippen LogP contribution in [0.15, 0.2) is 30.5 Å². The molecule has 0 atom stereocenters. The van der Waals surface area contributed by atoms with Gasteiger partial charge in [-0.05, 0) is 31.5 Å². The number of hydrogen-bond acceptors (Lipinski definition) is 5. The van der Waals surface area contributed by atoms with E-state index in [9.17, 15) is 14.9 Å². The van der Waals surface area contributed by atoms with E-state index in [2.05, 4.69) is 15.5 Å². The van der Waals surface area contributed by atoms with Gasteiger partial charge in [-0.15, -0.1) is 0 Å². The van der Waals surface area contributed by atoms with Gasteiger partial charge in [-0.3, -0.25) is 24.3 Å². The molecule has 0 spiro atoms. The zero-order valence-corrected chi connectivity index (χ0v) is 17.2. The van der Waals surface area contributed by atoms with E-state index in [1.165, 1.54) is 10.9 Å². The average molecular weight is 437 g/mol. The highest BCUT2D eigenvalue weighted by Gasteiger charge is 2.17. The van der Waals surface area contributed by atoms with Crippen LogP contribution < -0.4 is 5.32 Å². The summed E-state index contributed by atoms with van der Waals surface area (Å²) >= 11 is 12.0. The minimum Gasteiger partial charge on any atom is -0.309 e. The van der Waals surface area contributed by atoms with Gasteiger partial charge in [0.15, 0.2) is 5.82 Å². The molecule has 0 saturated carbocycles. The Morgan fingerprint density at radius 3 is 2.62 bits per heavy atom. The molecule has 0 saturated heterocycles. The zero-order chi connectivity index (χ0) is 21.1. The lowest BCUT2D eigenvalue weighted by molar-refractivity contribution is -0.385. The Labute approximate surface area is 176 Å². The lowest BCUT2D eigenvalue weighted by Gasteiger charge is -2.06. The molecular formula is C18H18Cl2N6O3. The van der Waals surface area contributed by atoms with E-state index in [1.807, 2.05) is 13.0 Å². The van der Waals surface area contributed by atoms with E-state index in [-0.39, 0.29) is 24.6 Å². The van der Waals surface area contributed by atoms with Gasteiger partial charge in [-0.2, -0.15) is 10.2 Å². The van der Waals surface area contributed by atoms with Crippen molar-refractivity contribution in [2.45, 2.75) is 33.4 Å². The fourth-order valence-electron chi connectivity index (χ4n) is 2.80. The van der Waals surface area contributed by atoms with Crippen LogP contribution in [-0.2, 0) is 17.9 Å². The lowest BCUT2D eigenvalue weighted by Crippen LogP contribution is -2.16. The number of aromatic nitrogens is 4. The van der Waals surface area contributed by atoms with E-state index in [0.29, 0.717) is 28.1 Å². The second kappa shape index (κ2) is 8.62. The van der Waals surface area contributed by atoms with Crippen LogP contribution in [-0.4, -0.2) is 30.4 Å². The first-order valence-corrected chi connectivity index (χ1v) is 9.45. The third-order valence-electron chi connectivity index (χ3n) is 4.39. The van der Waals surface area contributed by atoms with Crippen molar-refractivity contribution in [3.63, 3.8) is 0 Å². The molecule has 2 heterocycles. The number of amides is 1. The number of anilines is 1. The molecule has 3 aromatic rings. The summed E-state index contributed by atoms with van der Waals surface area (Å²) in [6.07, 6.45) is 1.29. The summed E-state index contributed by atoms with van der Waals surface area (Å²) in [5.74, 6) is 0.164. The first-order valence-electron chi connectivity index (χ1n) is 8.69. The molecular weight excluding hydrogens is 419 g/mol. The second-order valence-electron chi connectivity index (χ2n) is 6.47. The highest BCUT2D eigenvalue weighted by Crippen LogP contribution is 2.23. The number of carbonyl (C=O) groups is 1. The normalized spacial score (nSPS) is 10.9. The number of nitrogens with one attached hydrogen (secondary N) is 1. The maximum absolute atomic E-state index is 12.2. The maximum atomic E-state index is 12.2. The van der Waals surface area contributed by atoms with Crippen LogP contribution in [0.2, 0.25) is 10.0 Å². The average Bonchev–Trinajstić information content (AvgIpc) is 3.19. The van der Waals surface area contributed by atoms with Crippen molar-refractivity contribution in [1.29, 1.82) is 0 Å². The Bertz CT molecular complexity index is 1080. The second-order valence-corrected chi connectivity index (χ2v) is 7.29. The fourth-order valence-corrected chi connectivity index (χ4v) is 3.12. The minimum absolute atomic E-state index is 0.0675. The van der Waals surface area contributed by atoms with Gasteiger partial charge in [0.2, 0.25) is 5.91 Å². The van der Waals surface area contributed by atoms with Crippen molar-refractivity contribution in [2.75, 3.05) is 5.32 Å². The number of nitro groups is 1. The van der Waals surface area contributed by atoms with Gasteiger partial charge in [0.25, 0.3) is 0 Å². The zero-order valence-electron chi connectivity index (χ0n) is 15.7. The number of aryl methyl sites for hydroxylation is 2. The molecule has 0 aliphatic carbocycles. The van der Waals surface area contributed by atoms with E-state index >= 15 is 0 Å². The van der Waals surface area contributed by atoms with Gasteiger partial charge in [0.1, 0.15) is 11.9 Å². The molecule has 0 radical (unpaired) electrons.